The molecule has 5 heteroatoms. The predicted molar refractivity (Wildman–Crippen MR) is 91.6 cm³/mol. The fraction of sp³-hybridized carbons (Fsp3) is 0.579. The molecule has 0 bridgehead atoms. The third kappa shape index (κ3) is 4.72. The summed E-state index contributed by atoms with van der Waals surface area (Å²) in [5.41, 5.74) is 0.588. The van der Waals surface area contributed by atoms with Crippen molar-refractivity contribution in [3.05, 3.63) is 29.8 Å². The number of rotatable bonds is 7. The van der Waals surface area contributed by atoms with Crippen LogP contribution in [0.3, 0.4) is 0 Å². The van der Waals surface area contributed by atoms with E-state index in [9.17, 15) is 4.79 Å². The van der Waals surface area contributed by atoms with Crippen molar-refractivity contribution in [1.82, 2.24) is 10.2 Å². The van der Waals surface area contributed by atoms with Gasteiger partial charge < -0.3 is 15.0 Å². The van der Waals surface area contributed by atoms with Crippen LogP contribution in [0, 0.1) is 17.2 Å². The molecule has 1 heterocycles. The van der Waals surface area contributed by atoms with E-state index >= 15 is 0 Å². The van der Waals surface area contributed by atoms with Crippen LogP contribution < -0.4 is 10.1 Å². The highest BCUT2D eigenvalue weighted by atomic mass is 16.5. The Balaban J connectivity index is 1.31. The van der Waals surface area contributed by atoms with Gasteiger partial charge in [-0.3, -0.25) is 4.79 Å². The summed E-state index contributed by atoms with van der Waals surface area (Å²) in [5, 5.41) is 12.2. The fourth-order valence-corrected chi connectivity index (χ4v) is 3.12. The number of hydrogen-bond acceptors (Lipinski definition) is 4. The molecule has 1 aliphatic carbocycles. The molecule has 1 N–H and O–H groups in total. The van der Waals surface area contributed by atoms with Crippen molar-refractivity contribution in [2.75, 3.05) is 26.2 Å². The molecule has 1 amide bonds. The summed E-state index contributed by atoms with van der Waals surface area (Å²) in [4.78, 5) is 14.2. The number of benzene rings is 1. The van der Waals surface area contributed by atoms with E-state index in [4.69, 9.17) is 10.00 Å². The van der Waals surface area contributed by atoms with Crippen molar-refractivity contribution < 1.29 is 9.53 Å². The lowest BCUT2D eigenvalue weighted by Gasteiger charge is -2.32. The van der Waals surface area contributed by atoms with Gasteiger partial charge >= 0.3 is 0 Å². The van der Waals surface area contributed by atoms with E-state index in [1.807, 2.05) is 18.2 Å². The van der Waals surface area contributed by atoms with E-state index in [1.54, 1.807) is 6.07 Å². The van der Waals surface area contributed by atoms with Crippen molar-refractivity contribution in [3.63, 3.8) is 0 Å². The molecule has 1 saturated carbocycles. The van der Waals surface area contributed by atoms with Gasteiger partial charge in [0.2, 0.25) is 5.91 Å². The summed E-state index contributed by atoms with van der Waals surface area (Å²) >= 11 is 0. The molecule has 128 valence electrons. The quantitative estimate of drug-likeness (QED) is 0.781. The summed E-state index contributed by atoms with van der Waals surface area (Å²) in [6, 6.07) is 9.85. The van der Waals surface area contributed by atoms with Gasteiger partial charge in [0.05, 0.1) is 12.2 Å². The maximum absolute atomic E-state index is 11.8. The Hall–Kier alpha value is -2.06. The molecule has 24 heavy (non-hydrogen) atoms. The lowest BCUT2D eigenvalue weighted by atomic mass is 10.0. The van der Waals surface area contributed by atoms with Crippen molar-refractivity contribution in [1.29, 1.82) is 5.26 Å². The molecule has 0 spiro atoms. The van der Waals surface area contributed by atoms with Gasteiger partial charge in [0.15, 0.2) is 0 Å². The zero-order chi connectivity index (χ0) is 16.8. The summed E-state index contributed by atoms with van der Waals surface area (Å²) in [5.74, 6) is 1.23. The maximum Gasteiger partial charge on any atom is 0.223 e. The molecule has 0 aromatic heterocycles. The van der Waals surface area contributed by atoms with Crippen LogP contribution in [0.25, 0.3) is 0 Å². The van der Waals surface area contributed by atoms with Crippen LogP contribution in [0.4, 0.5) is 0 Å². The molecule has 0 unspecified atom stereocenters. The number of hydrogen-bond donors (Lipinski definition) is 1. The van der Waals surface area contributed by atoms with E-state index in [2.05, 4.69) is 16.3 Å². The number of likely N-dealkylation sites (tertiary alicyclic amines) is 1. The van der Waals surface area contributed by atoms with Crippen LogP contribution >= 0.6 is 0 Å². The van der Waals surface area contributed by atoms with Crippen LogP contribution in [0.15, 0.2) is 24.3 Å². The van der Waals surface area contributed by atoms with E-state index in [0.29, 0.717) is 29.9 Å². The number of carbonyl (C=O) groups is 1. The Morgan fingerprint density at radius 3 is 2.71 bits per heavy atom. The van der Waals surface area contributed by atoms with Crippen LogP contribution in [0.5, 0.6) is 5.75 Å². The zero-order valence-electron chi connectivity index (χ0n) is 14.0. The maximum atomic E-state index is 11.8. The standard InChI is InChI=1S/C19H25N3O2/c20-14-16-4-1-2-5-18(16)24-13-3-10-22-11-8-17(9-12-22)21-19(23)15-6-7-15/h1-2,4-5,15,17H,3,6-13H2,(H,21,23). The predicted octanol–water partition coefficient (Wildman–Crippen LogP) is 2.32. The number of nitrogens with one attached hydrogen (secondary N) is 1. The molecule has 3 rings (SSSR count). The Morgan fingerprint density at radius 1 is 1.25 bits per heavy atom. The van der Waals surface area contributed by atoms with Gasteiger partial charge in [-0.15, -0.1) is 0 Å². The van der Waals surface area contributed by atoms with Crippen molar-refractivity contribution in [2.45, 2.75) is 38.1 Å². The number of nitriles is 1. The van der Waals surface area contributed by atoms with Gasteiger partial charge in [-0.2, -0.15) is 5.26 Å². The second kappa shape index (κ2) is 8.16. The number of ether oxygens (including phenoxy) is 1. The van der Waals surface area contributed by atoms with Gasteiger partial charge in [-0.1, -0.05) is 12.1 Å². The average molecular weight is 327 g/mol. The number of piperidine rings is 1. The second-order valence-electron chi connectivity index (χ2n) is 6.71. The molecule has 1 saturated heterocycles. The first-order chi connectivity index (χ1) is 11.8. The van der Waals surface area contributed by atoms with Gasteiger partial charge in [0, 0.05) is 31.6 Å². The SMILES string of the molecule is N#Cc1ccccc1OCCCN1CCC(NC(=O)C2CC2)CC1. The van der Waals surface area contributed by atoms with Crippen LogP contribution in [-0.4, -0.2) is 43.1 Å². The fourth-order valence-electron chi connectivity index (χ4n) is 3.12. The molecule has 1 aromatic carbocycles. The third-order valence-electron chi connectivity index (χ3n) is 4.77. The molecule has 1 aromatic rings. The van der Waals surface area contributed by atoms with Gasteiger partial charge in [0.25, 0.3) is 0 Å². The summed E-state index contributed by atoms with van der Waals surface area (Å²) in [6.07, 6.45) is 5.16. The van der Waals surface area contributed by atoms with Crippen molar-refractivity contribution in [3.8, 4) is 11.8 Å². The normalized spacial score (nSPS) is 18.8. The minimum Gasteiger partial charge on any atom is -0.492 e. The number of nitrogens with zero attached hydrogens (tertiary/aromatic N) is 2. The first kappa shape index (κ1) is 16.8. The topological polar surface area (TPSA) is 65.4 Å². The molecule has 0 radical (unpaired) electrons. The molecular weight excluding hydrogens is 302 g/mol. The first-order valence-electron chi connectivity index (χ1n) is 8.91. The second-order valence-corrected chi connectivity index (χ2v) is 6.71. The van der Waals surface area contributed by atoms with E-state index < -0.39 is 0 Å². The van der Waals surface area contributed by atoms with Gasteiger partial charge in [-0.25, -0.2) is 0 Å². The lowest BCUT2D eigenvalue weighted by Crippen LogP contribution is -2.45. The molecular formula is C19H25N3O2. The lowest BCUT2D eigenvalue weighted by molar-refractivity contribution is -0.123. The molecule has 0 atom stereocenters. The van der Waals surface area contributed by atoms with E-state index in [-0.39, 0.29) is 5.91 Å². The monoisotopic (exact) mass is 327 g/mol. The van der Waals surface area contributed by atoms with E-state index in [0.717, 1.165) is 51.7 Å². The van der Waals surface area contributed by atoms with Crippen LogP contribution in [-0.2, 0) is 4.79 Å². The average Bonchev–Trinajstić information content (AvgIpc) is 3.45. The Bertz CT molecular complexity index is 599. The number of para-hydroxylation sites is 1. The molecule has 2 fully saturated rings. The number of amides is 1. The van der Waals surface area contributed by atoms with Gasteiger partial charge in [0.1, 0.15) is 11.8 Å². The number of carbonyl (C=O) groups excluding carboxylic acids is 1. The van der Waals surface area contributed by atoms with Gasteiger partial charge in [-0.05, 0) is 44.2 Å². The van der Waals surface area contributed by atoms with E-state index in [1.165, 1.54) is 0 Å². The molecule has 5 nitrogen and oxygen atoms in total. The van der Waals surface area contributed by atoms with Crippen LogP contribution in [0.2, 0.25) is 0 Å². The minimum atomic E-state index is 0.262. The largest absolute Gasteiger partial charge is 0.492 e. The zero-order valence-corrected chi connectivity index (χ0v) is 14.0. The first-order valence-corrected chi connectivity index (χ1v) is 8.91. The Labute approximate surface area is 143 Å². The Kier molecular flexibility index (Phi) is 5.71. The highest BCUT2D eigenvalue weighted by Gasteiger charge is 2.31. The smallest absolute Gasteiger partial charge is 0.223 e. The third-order valence-corrected chi connectivity index (χ3v) is 4.77. The van der Waals surface area contributed by atoms with Crippen molar-refractivity contribution >= 4 is 5.91 Å². The van der Waals surface area contributed by atoms with Crippen LogP contribution in [0.1, 0.15) is 37.7 Å². The van der Waals surface area contributed by atoms with Crippen molar-refractivity contribution in [2.24, 2.45) is 5.92 Å². The highest BCUT2D eigenvalue weighted by Crippen LogP contribution is 2.29. The minimum absolute atomic E-state index is 0.262. The molecule has 1 aliphatic heterocycles. The summed E-state index contributed by atoms with van der Waals surface area (Å²) in [6.45, 7) is 3.68. The Morgan fingerprint density at radius 2 is 2.00 bits per heavy atom. The summed E-state index contributed by atoms with van der Waals surface area (Å²) < 4.78 is 5.72. The highest BCUT2D eigenvalue weighted by molar-refractivity contribution is 5.81. The summed E-state index contributed by atoms with van der Waals surface area (Å²) in [7, 11) is 0. The molecule has 2 aliphatic rings.